The Bertz CT molecular complexity index is 700. The molecule has 0 bridgehead atoms. The third-order valence-electron chi connectivity index (χ3n) is 3.63. The largest absolute Gasteiger partial charge is 0.372 e. The zero-order valence-electron chi connectivity index (χ0n) is 12.1. The number of hydrogen-bond acceptors (Lipinski definition) is 3. The van der Waals surface area contributed by atoms with E-state index in [4.69, 9.17) is 16.3 Å². The van der Waals surface area contributed by atoms with E-state index in [1.807, 2.05) is 38.1 Å². The molecule has 2 aromatic rings. The molecule has 5 heteroatoms. The van der Waals surface area contributed by atoms with Gasteiger partial charge in [-0.05, 0) is 25.3 Å². The Kier molecular flexibility index (Phi) is 3.59. The lowest BCUT2D eigenvalue weighted by molar-refractivity contribution is -0.0765. The Labute approximate surface area is 128 Å². The summed E-state index contributed by atoms with van der Waals surface area (Å²) in [4.78, 5) is 18.7. The average Bonchev–Trinajstić information content (AvgIpc) is 2.45. The fourth-order valence-corrected chi connectivity index (χ4v) is 2.88. The van der Waals surface area contributed by atoms with Crippen LogP contribution in [0.2, 0.25) is 5.15 Å². The maximum atomic E-state index is 12.6. The molecule has 4 nitrogen and oxygen atoms in total. The first-order valence-electron chi connectivity index (χ1n) is 6.95. The summed E-state index contributed by atoms with van der Waals surface area (Å²) < 4.78 is 5.64. The zero-order valence-corrected chi connectivity index (χ0v) is 12.9. The molecule has 0 N–H and O–H groups in total. The highest BCUT2D eigenvalue weighted by Gasteiger charge is 2.31. The van der Waals surface area contributed by atoms with Crippen LogP contribution in [0.25, 0.3) is 10.8 Å². The van der Waals surface area contributed by atoms with Gasteiger partial charge < -0.3 is 9.64 Å². The van der Waals surface area contributed by atoms with Crippen LogP contribution in [0.1, 0.15) is 24.3 Å². The molecule has 0 unspecified atom stereocenters. The van der Waals surface area contributed by atoms with Crippen molar-refractivity contribution in [2.45, 2.75) is 19.4 Å². The zero-order chi connectivity index (χ0) is 15.0. The number of carbonyl (C=O) groups is 1. The van der Waals surface area contributed by atoms with E-state index in [-0.39, 0.29) is 11.5 Å². The second-order valence-corrected chi connectivity index (χ2v) is 6.21. The molecule has 0 saturated carbocycles. The van der Waals surface area contributed by atoms with Crippen molar-refractivity contribution in [2.75, 3.05) is 19.7 Å². The number of nitrogens with zero attached hydrogens (tertiary/aromatic N) is 2. The Balaban J connectivity index is 1.94. The van der Waals surface area contributed by atoms with Gasteiger partial charge in [-0.25, -0.2) is 4.98 Å². The number of fused-ring (bicyclic) bond motifs is 1. The van der Waals surface area contributed by atoms with Gasteiger partial charge in [-0.1, -0.05) is 35.9 Å². The Morgan fingerprint density at radius 3 is 2.90 bits per heavy atom. The topological polar surface area (TPSA) is 42.4 Å². The number of pyridine rings is 1. The van der Waals surface area contributed by atoms with E-state index in [0.717, 1.165) is 10.8 Å². The van der Waals surface area contributed by atoms with E-state index < -0.39 is 0 Å². The summed E-state index contributed by atoms with van der Waals surface area (Å²) in [5.41, 5.74) is 0.0607. The highest BCUT2D eigenvalue weighted by Crippen LogP contribution is 2.24. The molecule has 0 aliphatic carbocycles. The lowest BCUT2D eigenvalue weighted by Crippen LogP contribution is -2.50. The first-order valence-corrected chi connectivity index (χ1v) is 7.33. The summed E-state index contributed by atoms with van der Waals surface area (Å²) in [5.74, 6) is -0.0981. The van der Waals surface area contributed by atoms with Crippen LogP contribution in [-0.2, 0) is 4.74 Å². The second kappa shape index (κ2) is 5.28. The van der Waals surface area contributed by atoms with Crippen LogP contribution in [0.4, 0.5) is 0 Å². The number of ether oxygens (including phenoxy) is 1. The molecule has 1 fully saturated rings. The highest BCUT2D eigenvalue weighted by atomic mass is 35.5. The van der Waals surface area contributed by atoms with Gasteiger partial charge in [0.25, 0.3) is 5.91 Å². The number of hydrogen-bond donors (Lipinski definition) is 0. The third kappa shape index (κ3) is 2.87. The molecule has 1 aliphatic rings. The minimum Gasteiger partial charge on any atom is -0.372 e. The fraction of sp³-hybridized carbons (Fsp3) is 0.375. The minimum absolute atomic E-state index is 0.0981. The molecule has 0 spiro atoms. The Hall–Kier alpha value is -1.65. The molecular formula is C16H17ClN2O2. The van der Waals surface area contributed by atoms with Crippen molar-refractivity contribution in [2.24, 2.45) is 0 Å². The summed E-state index contributed by atoms with van der Waals surface area (Å²) in [6.45, 7) is 5.63. The van der Waals surface area contributed by atoms with E-state index in [1.54, 1.807) is 11.0 Å². The van der Waals surface area contributed by atoms with Crippen LogP contribution in [-0.4, -0.2) is 41.1 Å². The lowest BCUT2D eigenvalue weighted by Gasteiger charge is -2.38. The molecule has 0 atom stereocenters. The van der Waals surface area contributed by atoms with Gasteiger partial charge in [0.2, 0.25) is 0 Å². The molecule has 2 heterocycles. The summed E-state index contributed by atoms with van der Waals surface area (Å²) in [6.07, 6.45) is 0. The van der Waals surface area contributed by atoms with E-state index in [2.05, 4.69) is 4.98 Å². The number of benzene rings is 1. The molecular weight excluding hydrogens is 288 g/mol. The van der Waals surface area contributed by atoms with Gasteiger partial charge in [0.1, 0.15) is 10.8 Å². The molecule has 3 rings (SSSR count). The van der Waals surface area contributed by atoms with Crippen LogP contribution in [0, 0.1) is 0 Å². The Morgan fingerprint density at radius 1 is 1.38 bits per heavy atom. The van der Waals surface area contributed by atoms with Crippen molar-refractivity contribution in [1.82, 2.24) is 9.88 Å². The van der Waals surface area contributed by atoms with E-state index >= 15 is 0 Å². The van der Waals surface area contributed by atoms with Crippen molar-refractivity contribution in [3.8, 4) is 0 Å². The summed E-state index contributed by atoms with van der Waals surface area (Å²) in [6, 6.07) is 9.46. The second-order valence-electron chi connectivity index (χ2n) is 5.85. The molecule has 1 saturated heterocycles. The number of morpholine rings is 1. The predicted molar refractivity (Wildman–Crippen MR) is 82.7 cm³/mol. The molecule has 1 aliphatic heterocycles. The van der Waals surface area contributed by atoms with E-state index in [1.165, 1.54) is 0 Å². The maximum absolute atomic E-state index is 12.6. The number of aromatic nitrogens is 1. The molecule has 0 radical (unpaired) electrons. The number of halogens is 1. The minimum atomic E-state index is -0.325. The van der Waals surface area contributed by atoms with Gasteiger partial charge in [-0.3, -0.25) is 4.79 Å². The van der Waals surface area contributed by atoms with Gasteiger partial charge in [0, 0.05) is 18.5 Å². The van der Waals surface area contributed by atoms with Crippen LogP contribution in [0.15, 0.2) is 30.3 Å². The van der Waals surface area contributed by atoms with Gasteiger partial charge >= 0.3 is 0 Å². The fourth-order valence-electron chi connectivity index (χ4n) is 2.62. The van der Waals surface area contributed by atoms with Crippen molar-refractivity contribution in [3.63, 3.8) is 0 Å². The quantitative estimate of drug-likeness (QED) is 0.760. The number of carbonyl (C=O) groups excluding carboxylic acids is 1. The standard InChI is InChI=1S/C16H17ClN2O2/c1-16(2)10-19(7-8-21-16)15(20)13-9-11-5-3-4-6-12(11)14(17)18-13/h3-6,9H,7-8,10H2,1-2H3. The third-order valence-corrected chi connectivity index (χ3v) is 3.91. The van der Waals surface area contributed by atoms with Crippen molar-refractivity contribution in [1.29, 1.82) is 0 Å². The van der Waals surface area contributed by atoms with Gasteiger partial charge in [0.15, 0.2) is 0 Å². The van der Waals surface area contributed by atoms with E-state index in [0.29, 0.717) is 30.5 Å². The molecule has 110 valence electrons. The van der Waals surface area contributed by atoms with Crippen LogP contribution < -0.4 is 0 Å². The highest BCUT2D eigenvalue weighted by molar-refractivity contribution is 6.34. The SMILES string of the molecule is CC1(C)CN(C(=O)c2cc3ccccc3c(Cl)n2)CCO1. The van der Waals surface area contributed by atoms with Crippen LogP contribution >= 0.6 is 11.6 Å². The van der Waals surface area contributed by atoms with Gasteiger partial charge in [0.05, 0.1) is 12.2 Å². The molecule has 1 aromatic heterocycles. The first kappa shape index (κ1) is 14.3. The smallest absolute Gasteiger partial charge is 0.272 e. The predicted octanol–water partition coefficient (Wildman–Crippen LogP) is 3.14. The van der Waals surface area contributed by atoms with Crippen molar-refractivity contribution in [3.05, 3.63) is 41.2 Å². The summed E-state index contributed by atoms with van der Waals surface area (Å²) in [7, 11) is 0. The lowest BCUT2D eigenvalue weighted by atomic mass is 10.1. The number of rotatable bonds is 1. The number of amides is 1. The monoisotopic (exact) mass is 304 g/mol. The van der Waals surface area contributed by atoms with Crippen molar-refractivity contribution < 1.29 is 9.53 Å². The Morgan fingerprint density at radius 2 is 2.14 bits per heavy atom. The van der Waals surface area contributed by atoms with Crippen LogP contribution in [0.3, 0.4) is 0 Å². The molecule has 1 aromatic carbocycles. The normalized spacial score (nSPS) is 18.0. The first-order chi connectivity index (χ1) is 9.96. The molecule has 21 heavy (non-hydrogen) atoms. The van der Waals surface area contributed by atoms with Gasteiger partial charge in [-0.15, -0.1) is 0 Å². The average molecular weight is 305 g/mol. The van der Waals surface area contributed by atoms with E-state index in [9.17, 15) is 4.79 Å². The van der Waals surface area contributed by atoms with Gasteiger partial charge in [-0.2, -0.15) is 0 Å². The maximum Gasteiger partial charge on any atom is 0.272 e. The summed E-state index contributed by atoms with van der Waals surface area (Å²) in [5, 5.41) is 2.15. The summed E-state index contributed by atoms with van der Waals surface area (Å²) >= 11 is 6.19. The molecule has 1 amide bonds. The van der Waals surface area contributed by atoms with Crippen molar-refractivity contribution >= 4 is 28.3 Å². The van der Waals surface area contributed by atoms with Crippen LogP contribution in [0.5, 0.6) is 0 Å².